The van der Waals surface area contributed by atoms with Crippen molar-refractivity contribution in [2.24, 2.45) is 5.41 Å². The van der Waals surface area contributed by atoms with Crippen molar-refractivity contribution >= 4 is 5.95 Å². The van der Waals surface area contributed by atoms with Crippen molar-refractivity contribution in [1.82, 2.24) is 9.55 Å². The molecule has 1 aliphatic rings. The third kappa shape index (κ3) is 3.50. The summed E-state index contributed by atoms with van der Waals surface area (Å²) in [6, 6.07) is 0.594. The Hall–Kier alpha value is -0.990. The Morgan fingerprint density at radius 2 is 2.33 bits per heavy atom. The molecule has 1 fully saturated rings. The minimum absolute atomic E-state index is 0.483. The lowest BCUT2D eigenvalue weighted by Crippen LogP contribution is -2.32. The predicted octanol–water partition coefficient (Wildman–Crippen LogP) is 4.06. The highest BCUT2D eigenvalue weighted by Gasteiger charge is 2.28. The molecule has 0 saturated heterocycles. The largest absolute Gasteiger partial charge is 0.353 e. The van der Waals surface area contributed by atoms with Crippen molar-refractivity contribution in [3.63, 3.8) is 0 Å². The fraction of sp³-hybridized carbons (Fsp3) is 0.800. The van der Waals surface area contributed by atoms with Gasteiger partial charge in [0.1, 0.15) is 0 Å². The Balaban J connectivity index is 1.94. The molecule has 1 heterocycles. The van der Waals surface area contributed by atoms with Crippen LogP contribution in [0.5, 0.6) is 0 Å². The molecular formula is C15H27N3. The second kappa shape index (κ2) is 5.77. The molecule has 0 amide bonds. The summed E-state index contributed by atoms with van der Waals surface area (Å²) in [5.74, 6) is 1.06. The standard InChI is InChI=1S/C15H27N3/c1-4-5-10-18-11-9-16-14(18)17-13-7-6-8-15(2,3)12-13/h9,11,13H,4-8,10,12H2,1-3H3,(H,16,17). The molecule has 1 unspecified atom stereocenters. The van der Waals surface area contributed by atoms with Crippen molar-refractivity contribution in [3.05, 3.63) is 12.4 Å². The number of rotatable bonds is 5. The average molecular weight is 249 g/mol. The van der Waals surface area contributed by atoms with Crippen LogP contribution in [0.25, 0.3) is 0 Å². The van der Waals surface area contributed by atoms with E-state index >= 15 is 0 Å². The molecule has 0 aromatic carbocycles. The summed E-state index contributed by atoms with van der Waals surface area (Å²) in [6.45, 7) is 8.07. The number of hydrogen-bond acceptors (Lipinski definition) is 2. The lowest BCUT2D eigenvalue weighted by atomic mass is 9.75. The minimum Gasteiger partial charge on any atom is -0.353 e. The van der Waals surface area contributed by atoms with Gasteiger partial charge in [-0.15, -0.1) is 0 Å². The number of aryl methyl sites for hydroxylation is 1. The average Bonchev–Trinajstić information content (AvgIpc) is 2.72. The van der Waals surface area contributed by atoms with E-state index in [4.69, 9.17) is 0 Å². The van der Waals surface area contributed by atoms with Crippen molar-refractivity contribution < 1.29 is 0 Å². The summed E-state index contributed by atoms with van der Waals surface area (Å²) >= 11 is 0. The first-order valence-corrected chi connectivity index (χ1v) is 7.38. The minimum atomic E-state index is 0.483. The molecule has 3 heteroatoms. The van der Waals surface area contributed by atoms with Gasteiger partial charge in [-0.1, -0.05) is 33.6 Å². The zero-order valence-electron chi connectivity index (χ0n) is 12.1. The van der Waals surface area contributed by atoms with Crippen LogP contribution in [-0.2, 0) is 6.54 Å². The van der Waals surface area contributed by atoms with Crippen LogP contribution in [0.2, 0.25) is 0 Å². The summed E-state index contributed by atoms with van der Waals surface area (Å²) in [4.78, 5) is 4.46. The lowest BCUT2D eigenvalue weighted by Gasteiger charge is -2.35. The van der Waals surface area contributed by atoms with E-state index in [2.05, 4.69) is 41.8 Å². The smallest absolute Gasteiger partial charge is 0.202 e. The third-order valence-corrected chi connectivity index (χ3v) is 4.01. The quantitative estimate of drug-likeness (QED) is 0.852. The number of imidazole rings is 1. The van der Waals surface area contributed by atoms with E-state index in [-0.39, 0.29) is 0 Å². The molecule has 1 aliphatic carbocycles. The van der Waals surface area contributed by atoms with Crippen LogP contribution in [0.4, 0.5) is 5.95 Å². The van der Waals surface area contributed by atoms with Gasteiger partial charge in [0.25, 0.3) is 0 Å². The first kappa shape index (κ1) is 13.4. The molecule has 3 nitrogen and oxygen atoms in total. The van der Waals surface area contributed by atoms with Gasteiger partial charge in [-0.05, 0) is 31.1 Å². The van der Waals surface area contributed by atoms with Crippen LogP contribution < -0.4 is 5.32 Å². The van der Waals surface area contributed by atoms with Crippen molar-refractivity contribution in [1.29, 1.82) is 0 Å². The van der Waals surface area contributed by atoms with E-state index in [1.165, 1.54) is 38.5 Å². The molecule has 0 aliphatic heterocycles. The van der Waals surface area contributed by atoms with Crippen LogP contribution in [0.1, 0.15) is 59.3 Å². The van der Waals surface area contributed by atoms with Crippen molar-refractivity contribution in [2.75, 3.05) is 5.32 Å². The van der Waals surface area contributed by atoms with Gasteiger partial charge in [0, 0.05) is 25.0 Å². The SMILES string of the molecule is CCCCn1ccnc1NC1CCCC(C)(C)C1. The van der Waals surface area contributed by atoms with Gasteiger partial charge in [-0.25, -0.2) is 4.98 Å². The third-order valence-electron chi connectivity index (χ3n) is 4.01. The van der Waals surface area contributed by atoms with Gasteiger partial charge in [0.15, 0.2) is 0 Å². The number of unbranched alkanes of at least 4 members (excludes halogenated alkanes) is 1. The Labute approximate surface area is 111 Å². The normalized spacial score (nSPS) is 22.9. The molecule has 0 spiro atoms. The van der Waals surface area contributed by atoms with Crippen molar-refractivity contribution in [2.45, 2.75) is 71.9 Å². The predicted molar refractivity (Wildman–Crippen MR) is 76.8 cm³/mol. The second-order valence-electron chi connectivity index (χ2n) is 6.40. The van der Waals surface area contributed by atoms with Crippen LogP contribution in [-0.4, -0.2) is 15.6 Å². The topological polar surface area (TPSA) is 29.9 Å². The maximum Gasteiger partial charge on any atom is 0.202 e. The molecule has 1 aromatic heterocycles. The Morgan fingerprint density at radius 3 is 3.06 bits per heavy atom. The molecule has 1 atom stereocenters. The molecule has 1 N–H and O–H groups in total. The summed E-state index contributed by atoms with van der Waals surface area (Å²) in [6.07, 6.45) is 11.7. The highest BCUT2D eigenvalue weighted by atomic mass is 15.2. The van der Waals surface area contributed by atoms with Gasteiger partial charge in [0.05, 0.1) is 0 Å². The van der Waals surface area contributed by atoms with E-state index in [9.17, 15) is 0 Å². The first-order chi connectivity index (χ1) is 8.61. The maximum atomic E-state index is 4.46. The fourth-order valence-corrected chi connectivity index (χ4v) is 2.96. The van der Waals surface area contributed by atoms with E-state index in [0.29, 0.717) is 11.5 Å². The van der Waals surface area contributed by atoms with Crippen LogP contribution >= 0.6 is 0 Å². The molecule has 1 aromatic rings. The van der Waals surface area contributed by atoms with E-state index in [0.717, 1.165) is 12.5 Å². The summed E-state index contributed by atoms with van der Waals surface area (Å²) in [7, 11) is 0. The van der Waals surface area contributed by atoms with Crippen LogP contribution in [0.3, 0.4) is 0 Å². The Bertz CT molecular complexity index is 368. The number of anilines is 1. The van der Waals surface area contributed by atoms with Gasteiger partial charge < -0.3 is 9.88 Å². The zero-order chi connectivity index (χ0) is 13.0. The Kier molecular flexibility index (Phi) is 4.31. The molecule has 18 heavy (non-hydrogen) atoms. The second-order valence-corrected chi connectivity index (χ2v) is 6.40. The molecule has 102 valence electrons. The van der Waals surface area contributed by atoms with Gasteiger partial charge in [0.2, 0.25) is 5.95 Å². The lowest BCUT2D eigenvalue weighted by molar-refractivity contribution is 0.229. The number of hydrogen-bond donors (Lipinski definition) is 1. The molecule has 0 radical (unpaired) electrons. The van der Waals surface area contributed by atoms with Crippen molar-refractivity contribution in [3.8, 4) is 0 Å². The fourth-order valence-electron chi connectivity index (χ4n) is 2.96. The van der Waals surface area contributed by atoms with E-state index < -0.39 is 0 Å². The number of nitrogens with zero attached hydrogens (tertiary/aromatic N) is 2. The molecule has 0 bridgehead atoms. The number of nitrogens with one attached hydrogen (secondary N) is 1. The first-order valence-electron chi connectivity index (χ1n) is 7.38. The van der Waals surface area contributed by atoms with E-state index in [1.807, 2.05) is 6.20 Å². The molecule has 2 rings (SSSR count). The highest BCUT2D eigenvalue weighted by molar-refractivity contribution is 5.28. The van der Waals surface area contributed by atoms with Gasteiger partial charge in [-0.3, -0.25) is 0 Å². The Morgan fingerprint density at radius 1 is 1.50 bits per heavy atom. The molecular weight excluding hydrogens is 222 g/mol. The number of aromatic nitrogens is 2. The maximum absolute atomic E-state index is 4.46. The van der Waals surface area contributed by atoms with Crippen LogP contribution in [0, 0.1) is 5.41 Å². The summed E-state index contributed by atoms with van der Waals surface area (Å²) in [5, 5.41) is 3.65. The van der Waals surface area contributed by atoms with Gasteiger partial charge in [-0.2, -0.15) is 0 Å². The molecule has 1 saturated carbocycles. The highest BCUT2D eigenvalue weighted by Crippen LogP contribution is 2.36. The monoisotopic (exact) mass is 249 g/mol. The van der Waals surface area contributed by atoms with E-state index in [1.54, 1.807) is 0 Å². The van der Waals surface area contributed by atoms with Gasteiger partial charge >= 0.3 is 0 Å². The summed E-state index contributed by atoms with van der Waals surface area (Å²) < 4.78 is 2.26. The zero-order valence-corrected chi connectivity index (χ0v) is 12.1. The summed E-state index contributed by atoms with van der Waals surface area (Å²) in [5.41, 5.74) is 0.483. The van der Waals surface area contributed by atoms with Crippen LogP contribution in [0.15, 0.2) is 12.4 Å².